The van der Waals surface area contributed by atoms with Gasteiger partial charge in [-0.2, -0.15) is 0 Å². The predicted molar refractivity (Wildman–Crippen MR) is 119 cm³/mol. The Morgan fingerprint density at radius 2 is 1.84 bits per heavy atom. The molecule has 1 fully saturated rings. The highest BCUT2D eigenvalue weighted by molar-refractivity contribution is 5.47. The van der Waals surface area contributed by atoms with Crippen molar-refractivity contribution in [2.24, 2.45) is 0 Å². The molecule has 4 rings (SSSR count). The van der Waals surface area contributed by atoms with E-state index in [0.29, 0.717) is 25.2 Å². The lowest BCUT2D eigenvalue weighted by Crippen LogP contribution is -2.49. The molecule has 162 valence electrons. The largest absolute Gasteiger partial charge is 0.507 e. The lowest BCUT2D eigenvalue weighted by atomic mass is 9.97. The van der Waals surface area contributed by atoms with E-state index in [2.05, 4.69) is 14.8 Å². The van der Waals surface area contributed by atoms with E-state index in [4.69, 9.17) is 0 Å². The molecule has 1 N–H and O–H groups in total. The quantitative estimate of drug-likeness (QED) is 0.684. The van der Waals surface area contributed by atoms with Crippen LogP contribution in [0.25, 0.3) is 0 Å². The van der Waals surface area contributed by atoms with Gasteiger partial charge >= 0.3 is 0 Å². The van der Waals surface area contributed by atoms with Crippen molar-refractivity contribution in [2.45, 2.75) is 26.4 Å². The smallest absolute Gasteiger partial charge is 0.259 e. The number of halogens is 1. The average Bonchev–Trinajstić information content (AvgIpc) is 2.78. The van der Waals surface area contributed by atoms with E-state index in [-0.39, 0.29) is 17.1 Å². The van der Waals surface area contributed by atoms with Crippen LogP contribution < -0.4 is 10.5 Å². The summed E-state index contributed by atoms with van der Waals surface area (Å²) < 4.78 is 15.0. The monoisotopic (exact) mass is 422 g/mol. The van der Waals surface area contributed by atoms with Crippen LogP contribution >= 0.6 is 0 Å². The molecular weight excluding hydrogens is 395 g/mol. The number of anilines is 1. The highest BCUT2D eigenvalue weighted by Crippen LogP contribution is 2.33. The van der Waals surface area contributed by atoms with Gasteiger partial charge in [0.15, 0.2) is 0 Å². The van der Waals surface area contributed by atoms with Crippen LogP contribution in [0.3, 0.4) is 0 Å². The number of aromatic nitrogens is 2. The molecule has 1 aliphatic rings. The molecule has 0 bridgehead atoms. The third-order valence-corrected chi connectivity index (χ3v) is 5.98. The fourth-order valence-corrected chi connectivity index (χ4v) is 4.41. The number of aromatic hydroxyl groups is 1. The lowest BCUT2D eigenvalue weighted by molar-refractivity contribution is 0.207. The Balaban J connectivity index is 1.69. The number of rotatable bonds is 5. The number of pyridine rings is 2. The number of hydrogen-bond acceptors (Lipinski definition) is 5. The molecule has 3 aromatic rings. The minimum Gasteiger partial charge on any atom is -0.507 e. The summed E-state index contributed by atoms with van der Waals surface area (Å²) in [4.78, 5) is 22.0. The van der Waals surface area contributed by atoms with Crippen LogP contribution in [0.4, 0.5) is 10.1 Å². The fraction of sp³-hybridized carbons (Fsp3) is 0.333. The van der Waals surface area contributed by atoms with Crippen molar-refractivity contribution in [1.82, 2.24) is 14.5 Å². The summed E-state index contributed by atoms with van der Waals surface area (Å²) in [7, 11) is 0. The van der Waals surface area contributed by atoms with E-state index in [1.165, 1.54) is 12.1 Å². The highest BCUT2D eigenvalue weighted by Gasteiger charge is 2.31. The molecule has 1 aliphatic heterocycles. The van der Waals surface area contributed by atoms with Gasteiger partial charge in [-0.05, 0) is 55.8 Å². The molecule has 1 aromatic carbocycles. The molecule has 0 saturated carbocycles. The zero-order valence-electron chi connectivity index (χ0n) is 17.8. The molecule has 3 heterocycles. The second kappa shape index (κ2) is 8.89. The summed E-state index contributed by atoms with van der Waals surface area (Å²) in [5, 5.41) is 10.8. The fourth-order valence-electron chi connectivity index (χ4n) is 4.41. The molecule has 6 nitrogen and oxygen atoms in total. The third-order valence-electron chi connectivity index (χ3n) is 5.98. The van der Waals surface area contributed by atoms with Crippen LogP contribution in [0.1, 0.15) is 29.8 Å². The summed E-state index contributed by atoms with van der Waals surface area (Å²) in [6.07, 6.45) is 3.46. The summed E-state index contributed by atoms with van der Waals surface area (Å²) in [6, 6.07) is 11.6. The zero-order chi connectivity index (χ0) is 22.0. The summed E-state index contributed by atoms with van der Waals surface area (Å²) in [5.41, 5.74) is 2.80. The maximum Gasteiger partial charge on any atom is 0.259 e. The topological polar surface area (TPSA) is 61.6 Å². The average molecular weight is 423 g/mol. The zero-order valence-corrected chi connectivity index (χ0v) is 17.8. The van der Waals surface area contributed by atoms with Gasteiger partial charge in [0.2, 0.25) is 0 Å². The predicted octanol–water partition coefficient (Wildman–Crippen LogP) is 3.33. The molecule has 2 aromatic heterocycles. The van der Waals surface area contributed by atoms with Gasteiger partial charge in [-0.25, -0.2) is 4.39 Å². The normalized spacial score (nSPS) is 15.8. The van der Waals surface area contributed by atoms with E-state index < -0.39 is 6.04 Å². The van der Waals surface area contributed by atoms with E-state index in [0.717, 1.165) is 30.0 Å². The Hall–Kier alpha value is -3.19. The molecule has 1 saturated heterocycles. The second-order valence-electron chi connectivity index (χ2n) is 7.82. The number of nitrogens with zero attached hydrogens (tertiary/aromatic N) is 4. The SMILES string of the molecule is CCn1c(C)cc(O)c([C@@H](c2cccnc2)N2CCN(c3ccc(F)cc3)CC2)c1=O. The number of benzene rings is 1. The molecule has 0 radical (unpaired) electrons. The maximum absolute atomic E-state index is 13.3. The first-order valence-electron chi connectivity index (χ1n) is 10.6. The first-order chi connectivity index (χ1) is 15.0. The number of aryl methyl sites for hydroxylation is 1. The van der Waals surface area contributed by atoms with Crippen molar-refractivity contribution < 1.29 is 9.50 Å². The molecule has 0 spiro atoms. The molecule has 0 amide bonds. The van der Waals surface area contributed by atoms with Gasteiger partial charge in [0.05, 0.1) is 11.6 Å². The summed E-state index contributed by atoms with van der Waals surface area (Å²) in [5.74, 6) is -0.233. The first kappa shape index (κ1) is 21.1. The van der Waals surface area contributed by atoms with Crippen LogP contribution in [0.2, 0.25) is 0 Å². The molecule has 0 aliphatic carbocycles. The first-order valence-corrected chi connectivity index (χ1v) is 10.6. The van der Waals surface area contributed by atoms with Gasteiger partial charge in [-0.15, -0.1) is 0 Å². The van der Waals surface area contributed by atoms with Crippen molar-refractivity contribution in [3.8, 4) is 5.75 Å². The van der Waals surface area contributed by atoms with Gasteiger partial charge in [0, 0.05) is 56.5 Å². The van der Waals surface area contributed by atoms with E-state index in [9.17, 15) is 14.3 Å². The molecule has 0 unspecified atom stereocenters. The van der Waals surface area contributed by atoms with E-state index in [1.54, 1.807) is 35.2 Å². The van der Waals surface area contributed by atoms with Crippen molar-refractivity contribution >= 4 is 5.69 Å². The van der Waals surface area contributed by atoms with Crippen molar-refractivity contribution in [3.63, 3.8) is 0 Å². The number of hydrogen-bond donors (Lipinski definition) is 1. The van der Waals surface area contributed by atoms with Crippen LogP contribution in [-0.4, -0.2) is 45.7 Å². The Morgan fingerprint density at radius 3 is 2.45 bits per heavy atom. The minimum absolute atomic E-state index is 0.0158. The summed E-state index contributed by atoms with van der Waals surface area (Å²) >= 11 is 0. The van der Waals surface area contributed by atoms with Crippen LogP contribution in [0, 0.1) is 12.7 Å². The lowest BCUT2D eigenvalue weighted by Gasteiger charge is -2.40. The van der Waals surface area contributed by atoms with Crippen molar-refractivity contribution in [3.05, 3.63) is 87.9 Å². The molecule has 1 atom stereocenters. The van der Waals surface area contributed by atoms with E-state index in [1.807, 2.05) is 26.0 Å². The molecule has 7 heteroatoms. The Labute approximate surface area is 181 Å². The highest BCUT2D eigenvalue weighted by atomic mass is 19.1. The third kappa shape index (κ3) is 4.18. The van der Waals surface area contributed by atoms with Gasteiger partial charge in [-0.3, -0.25) is 14.7 Å². The van der Waals surface area contributed by atoms with Crippen LogP contribution in [0.5, 0.6) is 5.75 Å². The van der Waals surface area contributed by atoms with E-state index >= 15 is 0 Å². The van der Waals surface area contributed by atoms with Crippen molar-refractivity contribution in [2.75, 3.05) is 31.1 Å². The van der Waals surface area contributed by atoms with Crippen LogP contribution in [-0.2, 0) is 6.54 Å². The minimum atomic E-state index is -0.394. The van der Waals surface area contributed by atoms with Gasteiger partial charge in [0.1, 0.15) is 11.6 Å². The number of piperazine rings is 1. The van der Waals surface area contributed by atoms with Gasteiger partial charge in [-0.1, -0.05) is 6.07 Å². The van der Waals surface area contributed by atoms with Crippen molar-refractivity contribution in [1.29, 1.82) is 0 Å². The standard InChI is InChI=1S/C24H27FN4O2/c1-3-29-17(2)15-21(30)22(24(29)31)23(18-5-4-10-26-16-18)28-13-11-27(12-14-28)20-8-6-19(25)7-9-20/h4-10,15-16,23,30H,3,11-14H2,1-2H3/t23-/m1/s1. The summed E-state index contributed by atoms with van der Waals surface area (Å²) in [6.45, 7) is 7.14. The van der Waals surface area contributed by atoms with Gasteiger partial charge < -0.3 is 14.6 Å². The maximum atomic E-state index is 13.3. The molecule has 31 heavy (non-hydrogen) atoms. The van der Waals surface area contributed by atoms with Crippen LogP contribution in [0.15, 0.2) is 59.7 Å². The Kier molecular flexibility index (Phi) is 6.04. The second-order valence-corrected chi connectivity index (χ2v) is 7.82. The van der Waals surface area contributed by atoms with Gasteiger partial charge in [0.25, 0.3) is 5.56 Å². The Morgan fingerprint density at radius 1 is 1.13 bits per heavy atom. The Bertz CT molecular complexity index is 1090. The molecular formula is C24H27FN4O2.